The predicted molar refractivity (Wildman–Crippen MR) is 185 cm³/mol. The molecule has 48 heavy (non-hydrogen) atoms. The van der Waals surface area contributed by atoms with Crippen LogP contribution in [0.4, 0.5) is 11.4 Å². The molecule has 0 aliphatic rings. The summed E-state index contributed by atoms with van der Waals surface area (Å²) in [7, 11) is 0. The smallest absolute Gasteiger partial charge is 0.419 e. The maximum absolute atomic E-state index is 13.3. The Labute approximate surface area is 285 Å². The maximum atomic E-state index is 13.3. The van der Waals surface area contributed by atoms with Crippen molar-refractivity contribution in [1.82, 2.24) is 9.80 Å². The van der Waals surface area contributed by atoms with E-state index in [9.17, 15) is 29.8 Å². The van der Waals surface area contributed by atoms with Crippen molar-refractivity contribution in [3.8, 4) is 0 Å². The third kappa shape index (κ3) is 14.5. The molecule has 0 N–H and O–H groups in total. The molecule has 0 aliphatic carbocycles. The lowest BCUT2D eigenvalue weighted by Gasteiger charge is -2.32. The van der Waals surface area contributed by atoms with Gasteiger partial charge in [0.25, 0.3) is 11.4 Å². The zero-order valence-electron chi connectivity index (χ0n) is 29.1. The van der Waals surface area contributed by atoms with E-state index in [4.69, 9.17) is 9.47 Å². The van der Waals surface area contributed by atoms with Crippen molar-refractivity contribution in [3.05, 3.63) is 79.9 Å². The molecule has 0 amide bonds. The van der Waals surface area contributed by atoms with Gasteiger partial charge in [0.2, 0.25) is 0 Å². The van der Waals surface area contributed by atoms with Gasteiger partial charge >= 0.3 is 11.9 Å². The summed E-state index contributed by atoms with van der Waals surface area (Å²) >= 11 is 0. The van der Waals surface area contributed by atoms with Gasteiger partial charge in [-0.25, -0.2) is 9.59 Å². The molecule has 0 saturated carbocycles. The van der Waals surface area contributed by atoms with Gasteiger partial charge in [-0.3, -0.25) is 30.0 Å². The molecule has 2 aromatic rings. The van der Waals surface area contributed by atoms with Crippen LogP contribution in [-0.4, -0.2) is 70.2 Å². The number of nitrogens with zero attached hydrogens (tertiary/aromatic N) is 4. The van der Waals surface area contributed by atoms with Gasteiger partial charge in [-0.1, -0.05) is 77.6 Å². The fourth-order valence-electron chi connectivity index (χ4n) is 5.65. The first kappa shape index (κ1) is 40.3. The lowest BCUT2D eigenvalue weighted by molar-refractivity contribution is -0.385. The summed E-state index contributed by atoms with van der Waals surface area (Å²) in [6.45, 7) is 11.0. The summed E-state index contributed by atoms with van der Waals surface area (Å²) in [5.74, 6) is -2.04. The Morgan fingerprint density at radius 1 is 0.604 bits per heavy atom. The number of benzene rings is 2. The van der Waals surface area contributed by atoms with Crippen LogP contribution in [0.1, 0.15) is 103 Å². The van der Waals surface area contributed by atoms with Crippen LogP contribution in [0, 0.1) is 20.2 Å². The van der Waals surface area contributed by atoms with Crippen LogP contribution in [-0.2, 0) is 31.9 Å². The molecule has 0 fully saturated rings. The average molecular weight is 671 g/mol. The highest BCUT2D eigenvalue weighted by molar-refractivity contribution is 6.29. The molecule has 0 bridgehead atoms. The molecule has 0 radical (unpaired) electrons. The fraction of sp³-hybridized carbons (Fsp3) is 0.611. The molecule has 12 nitrogen and oxygen atoms in total. The summed E-state index contributed by atoms with van der Waals surface area (Å²) in [6, 6.07) is 12.9. The van der Waals surface area contributed by atoms with Crippen LogP contribution in [0.5, 0.6) is 0 Å². The Bertz CT molecular complexity index is 1160. The van der Waals surface area contributed by atoms with Gasteiger partial charge in [-0.15, -0.1) is 0 Å². The van der Waals surface area contributed by atoms with Gasteiger partial charge < -0.3 is 9.47 Å². The van der Waals surface area contributed by atoms with E-state index in [2.05, 4.69) is 23.6 Å². The van der Waals surface area contributed by atoms with Gasteiger partial charge in [-0.2, -0.15) is 0 Å². The zero-order chi connectivity index (χ0) is 35.3. The minimum absolute atomic E-state index is 0.0359. The molecule has 0 aliphatic heterocycles. The fourth-order valence-corrected chi connectivity index (χ4v) is 5.65. The van der Waals surface area contributed by atoms with Gasteiger partial charge in [0.15, 0.2) is 12.5 Å². The Hall–Kier alpha value is -3.90. The SMILES string of the molecule is CCCCCN(CC)C(CCCc1ccc([N+](=O)[O-])cc1)OC(=O)C(=O)OC(CCCc1ccc([N+](=O)[O-])cc1)N(CC)CCCCC. The third-order valence-corrected chi connectivity index (χ3v) is 8.50. The number of ether oxygens (including phenoxy) is 2. The topological polar surface area (TPSA) is 145 Å². The van der Waals surface area contributed by atoms with Crippen molar-refractivity contribution < 1.29 is 28.9 Å². The minimum Gasteiger partial charge on any atom is -0.438 e. The molecule has 0 saturated heterocycles. The highest BCUT2D eigenvalue weighted by Crippen LogP contribution is 2.20. The van der Waals surface area contributed by atoms with E-state index in [-0.39, 0.29) is 11.4 Å². The standard InChI is InChI=1S/C36H54N4O8/c1-5-9-11-27-37(7-3)33(17-13-15-29-19-23-31(24-20-29)39(43)44)47-35(41)36(42)48-34(38(8-4)28-12-10-6-2)18-14-16-30-21-25-32(26-22-30)40(45)46/h19-26,33-34H,5-18,27-28H2,1-4H3. The van der Waals surface area contributed by atoms with Crippen molar-refractivity contribution in [2.75, 3.05) is 26.2 Å². The third-order valence-electron chi connectivity index (χ3n) is 8.50. The second-order valence-corrected chi connectivity index (χ2v) is 12.0. The van der Waals surface area contributed by atoms with Crippen LogP contribution < -0.4 is 0 Å². The molecule has 2 unspecified atom stereocenters. The zero-order valence-corrected chi connectivity index (χ0v) is 29.1. The molecule has 2 aromatic carbocycles. The number of carbonyl (C=O) groups is 2. The first-order chi connectivity index (χ1) is 23.1. The lowest BCUT2D eigenvalue weighted by atomic mass is 10.1. The molecular formula is C36H54N4O8. The highest BCUT2D eigenvalue weighted by Gasteiger charge is 2.30. The van der Waals surface area contributed by atoms with Crippen molar-refractivity contribution >= 4 is 23.3 Å². The second kappa shape index (κ2) is 22.6. The van der Waals surface area contributed by atoms with Crippen LogP contribution >= 0.6 is 0 Å². The largest absolute Gasteiger partial charge is 0.438 e. The van der Waals surface area contributed by atoms with E-state index in [1.54, 1.807) is 24.3 Å². The molecule has 0 heterocycles. The molecule has 0 spiro atoms. The van der Waals surface area contributed by atoms with E-state index in [0.29, 0.717) is 51.6 Å². The Kier molecular flexibility index (Phi) is 19.0. The van der Waals surface area contributed by atoms with Crippen molar-refractivity contribution in [2.45, 2.75) is 117 Å². The molecule has 266 valence electrons. The summed E-state index contributed by atoms with van der Waals surface area (Å²) in [6.07, 6.45) is 8.39. The number of hydrogen-bond donors (Lipinski definition) is 0. The number of esters is 2. The Morgan fingerprint density at radius 2 is 0.958 bits per heavy atom. The highest BCUT2D eigenvalue weighted by atomic mass is 16.6. The molecular weight excluding hydrogens is 616 g/mol. The van der Waals surface area contributed by atoms with Gasteiger partial charge in [-0.05, 0) is 75.6 Å². The maximum Gasteiger partial charge on any atom is 0.419 e. The van der Waals surface area contributed by atoms with Crippen LogP contribution in [0.25, 0.3) is 0 Å². The number of carbonyl (C=O) groups excluding carboxylic acids is 2. The Balaban J connectivity index is 2.11. The monoisotopic (exact) mass is 670 g/mol. The second-order valence-electron chi connectivity index (χ2n) is 12.0. The summed E-state index contributed by atoms with van der Waals surface area (Å²) < 4.78 is 11.7. The first-order valence-corrected chi connectivity index (χ1v) is 17.5. The van der Waals surface area contributed by atoms with Crippen molar-refractivity contribution in [3.63, 3.8) is 0 Å². The van der Waals surface area contributed by atoms with Gasteiger partial charge in [0.1, 0.15) is 0 Å². The normalized spacial score (nSPS) is 12.5. The summed E-state index contributed by atoms with van der Waals surface area (Å²) in [5.41, 5.74) is 1.96. The number of nitro groups is 2. The van der Waals surface area contributed by atoms with Gasteiger partial charge in [0, 0.05) is 37.4 Å². The number of hydrogen-bond acceptors (Lipinski definition) is 10. The number of non-ortho nitro benzene ring substituents is 2. The van der Waals surface area contributed by atoms with E-state index >= 15 is 0 Å². The summed E-state index contributed by atoms with van der Waals surface area (Å²) in [4.78, 5) is 51.8. The Morgan fingerprint density at radius 3 is 1.25 bits per heavy atom. The predicted octanol–water partition coefficient (Wildman–Crippen LogP) is 7.61. The number of aryl methyl sites for hydroxylation is 2. The molecule has 12 heteroatoms. The van der Waals surface area contributed by atoms with Crippen LogP contribution in [0.3, 0.4) is 0 Å². The van der Waals surface area contributed by atoms with E-state index < -0.39 is 34.2 Å². The number of unbranched alkanes of at least 4 members (excludes halogenated alkanes) is 4. The van der Waals surface area contributed by atoms with Crippen LogP contribution in [0.2, 0.25) is 0 Å². The van der Waals surface area contributed by atoms with E-state index in [1.807, 2.05) is 13.8 Å². The van der Waals surface area contributed by atoms with E-state index in [1.165, 1.54) is 24.3 Å². The van der Waals surface area contributed by atoms with E-state index in [0.717, 1.165) is 62.7 Å². The number of nitro benzene ring substituents is 2. The van der Waals surface area contributed by atoms with Crippen LogP contribution in [0.15, 0.2) is 48.5 Å². The average Bonchev–Trinajstić information content (AvgIpc) is 3.08. The molecule has 0 aromatic heterocycles. The summed E-state index contributed by atoms with van der Waals surface area (Å²) in [5, 5.41) is 22.0. The minimum atomic E-state index is -1.02. The quantitative estimate of drug-likeness (QED) is 0.0273. The van der Waals surface area contributed by atoms with Crippen molar-refractivity contribution in [2.24, 2.45) is 0 Å². The van der Waals surface area contributed by atoms with Gasteiger partial charge in [0.05, 0.1) is 9.85 Å². The molecule has 2 atom stereocenters. The lowest BCUT2D eigenvalue weighted by Crippen LogP contribution is -2.44. The van der Waals surface area contributed by atoms with Crippen molar-refractivity contribution in [1.29, 1.82) is 0 Å². The first-order valence-electron chi connectivity index (χ1n) is 17.5. The number of rotatable bonds is 24. The molecule has 2 rings (SSSR count).